The van der Waals surface area contributed by atoms with Crippen LogP contribution in [-0.2, 0) is 6.42 Å². The molecule has 0 amide bonds. The summed E-state index contributed by atoms with van der Waals surface area (Å²) in [6.45, 7) is 4.81. The Balaban J connectivity index is 2.21. The van der Waals surface area contributed by atoms with Crippen molar-refractivity contribution in [2.45, 2.75) is 26.3 Å². The van der Waals surface area contributed by atoms with Crippen molar-refractivity contribution in [3.63, 3.8) is 0 Å². The first-order valence-corrected chi connectivity index (χ1v) is 6.46. The van der Waals surface area contributed by atoms with E-state index in [4.69, 9.17) is 0 Å². The fourth-order valence-corrected chi connectivity index (χ4v) is 2.10. The monoisotopic (exact) mass is 259 g/mol. The third-order valence-corrected chi connectivity index (χ3v) is 3.08. The van der Waals surface area contributed by atoms with Gasteiger partial charge >= 0.3 is 0 Å². The summed E-state index contributed by atoms with van der Waals surface area (Å²) in [6, 6.07) is 6.74. The number of benzene rings is 1. The minimum absolute atomic E-state index is 0.0513. The molecule has 0 spiro atoms. The molecule has 100 valence electrons. The Labute approximate surface area is 112 Å². The molecule has 1 atom stereocenters. The minimum Gasteiger partial charge on any atom is -0.307 e. The predicted octanol–water partition coefficient (Wildman–Crippen LogP) is 2.82. The van der Waals surface area contributed by atoms with Gasteiger partial charge in [0.25, 0.3) is 0 Å². The summed E-state index contributed by atoms with van der Waals surface area (Å²) in [5, 5.41) is 3.37. The normalized spacial score (nSPS) is 12.4. The highest BCUT2D eigenvalue weighted by molar-refractivity contribution is 5.28. The van der Waals surface area contributed by atoms with Crippen LogP contribution in [0.5, 0.6) is 0 Å². The number of nitrogens with one attached hydrogen (secondary N) is 1. The zero-order valence-corrected chi connectivity index (χ0v) is 11.2. The standard InChI is InChI=1S/C15H18FN3/c1-3-17-14(15-18-7-4-8-19-15)10-12-5-6-13(16)9-11(12)2/h4-9,14,17H,3,10H2,1-2H3. The van der Waals surface area contributed by atoms with Crippen LogP contribution < -0.4 is 5.32 Å². The number of aromatic nitrogens is 2. The molecular weight excluding hydrogens is 241 g/mol. The number of likely N-dealkylation sites (N-methyl/N-ethyl adjacent to an activating group) is 1. The first-order valence-electron chi connectivity index (χ1n) is 6.46. The van der Waals surface area contributed by atoms with Gasteiger partial charge in [0.15, 0.2) is 0 Å². The van der Waals surface area contributed by atoms with Crippen LogP contribution in [0.2, 0.25) is 0 Å². The molecule has 3 nitrogen and oxygen atoms in total. The highest BCUT2D eigenvalue weighted by atomic mass is 19.1. The molecular formula is C15H18FN3. The van der Waals surface area contributed by atoms with Crippen molar-refractivity contribution in [1.82, 2.24) is 15.3 Å². The molecule has 0 saturated carbocycles. The fourth-order valence-electron chi connectivity index (χ4n) is 2.10. The van der Waals surface area contributed by atoms with Gasteiger partial charge in [-0.15, -0.1) is 0 Å². The topological polar surface area (TPSA) is 37.8 Å². The Hall–Kier alpha value is -1.81. The molecule has 2 aromatic rings. The van der Waals surface area contributed by atoms with Gasteiger partial charge in [-0.05, 0) is 49.2 Å². The van der Waals surface area contributed by atoms with Crippen molar-refractivity contribution in [2.24, 2.45) is 0 Å². The summed E-state index contributed by atoms with van der Waals surface area (Å²) < 4.78 is 13.1. The van der Waals surface area contributed by atoms with E-state index < -0.39 is 0 Å². The van der Waals surface area contributed by atoms with E-state index in [0.29, 0.717) is 0 Å². The van der Waals surface area contributed by atoms with E-state index in [9.17, 15) is 4.39 Å². The highest BCUT2D eigenvalue weighted by Gasteiger charge is 2.14. The molecule has 4 heteroatoms. The van der Waals surface area contributed by atoms with Crippen molar-refractivity contribution in [1.29, 1.82) is 0 Å². The average molecular weight is 259 g/mol. The molecule has 1 unspecified atom stereocenters. The van der Waals surface area contributed by atoms with Crippen molar-refractivity contribution < 1.29 is 4.39 Å². The number of hydrogen-bond acceptors (Lipinski definition) is 3. The van der Waals surface area contributed by atoms with Gasteiger partial charge in [-0.2, -0.15) is 0 Å². The van der Waals surface area contributed by atoms with Crippen molar-refractivity contribution in [3.8, 4) is 0 Å². The number of hydrogen-bond donors (Lipinski definition) is 1. The second kappa shape index (κ2) is 6.38. The number of rotatable bonds is 5. The summed E-state index contributed by atoms with van der Waals surface area (Å²) >= 11 is 0. The first kappa shape index (κ1) is 13.6. The maximum absolute atomic E-state index is 13.1. The maximum Gasteiger partial charge on any atom is 0.145 e. The molecule has 0 aliphatic heterocycles. The molecule has 1 aromatic heterocycles. The van der Waals surface area contributed by atoms with Crippen LogP contribution in [0, 0.1) is 12.7 Å². The van der Waals surface area contributed by atoms with Crippen molar-refractivity contribution in [2.75, 3.05) is 6.54 Å². The molecule has 0 aliphatic carbocycles. The van der Waals surface area contributed by atoms with Gasteiger partial charge in [-0.3, -0.25) is 0 Å². The van der Waals surface area contributed by atoms with E-state index in [0.717, 1.165) is 29.9 Å². The van der Waals surface area contributed by atoms with Gasteiger partial charge in [0, 0.05) is 12.4 Å². The molecule has 0 aliphatic rings. The number of halogens is 1. The highest BCUT2D eigenvalue weighted by Crippen LogP contribution is 2.18. The van der Waals surface area contributed by atoms with Crippen LogP contribution in [0.4, 0.5) is 4.39 Å². The molecule has 1 N–H and O–H groups in total. The van der Waals surface area contributed by atoms with Crippen LogP contribution in [0.1, 0.15) is 29.9 Å². The van der Waals surface area contributed by atoms with E-state index in [2.05, 4.69) is 15.3 Å². The lowest BCUT2D eigenvalue weighted by Crippen LogP contribution is -2.25. The Bertz CT molecular complexity index is 528. The van der Waals surface area contributed by atoms with E-state index in [-0.39, 0.29) is 11.9 Å². The van der Waals surface area contributed by atoms with E-state index >= 15 is 0 Å². The van der Waals surface area contributed by atoms with Crippen LogP contribution in [0.15, 0.2) is 36.7 Å². The molecule has 2 rings (SSSR count). The lowest BCUT2D eigenvalue weighted by molar-refractivity contribution is 0.519. The summed E-state index contributed by atoms with van der Waals surface area (Å²) in [4.78, 5) is 8.59. The zero-order chi connectivity index (χ0) is 13.7. The van der Waals surface area contributed by atoms with Gasteiger partial charge in [0.1, 0.15) is 11.6 Å². The van der Waals surface area contributed by atoms with Crippen molar-refractivity contribution in [3.05, 3.63) is 59.4 Å². The van der Waals surface area contributed by atoms with Crippen LogP contribution in [0.25, 0.3) is 0 Å². The van der Waals surface area contributed by atoms with Gasteiger partial charge in [-0.25, -0.2) is 14.4 Å². The molecule has 0 radical (unpaired) electrons. The smallest absolute Gasteiger partial charge is 0.145 e. The third kappa shape index (κ3) is 3.58. The Kier molecular flexibility index (Phi) is 4.58. The van der Waals surface area contributed by atoms with Gasteiger partial charge in [0.05, 0.1) is 6.04 Å². The molecule has 0 fully saturated rings. The lowest BCUT2D eigenvalue weighted by Gasteiger charge is -2.17. The second-order valence-electron chi connectivity index (χ2n) is 4.49. The van der Waals surface area contributed by atoms with Crippen molar-refractivity contribution >= 4 is 0 Å². The largest absolute Gasteiger partial charge is 0.307 e. The van der Waals surface area contributed by atoms with E-state index in [1.54, 1.807) is 24.5 Å². The van der Waals surface area contributed by atoms with Gasteiger partial charge in [0.2, 0.25) is 0 Å². The zero-order valence-electron chi connectivity index (χ0n) is 11.2. The summed E-state index contributed by atoms with van der Waals surface area (Å²) in [6.07, 6.45) is 4.23. The Morgan fingerprint density at radius 2 is 2.00 bits per heavy atom. The van der Waals surface area contributed by atoms with E-state index in [1.807, 2.05) is 19.9 Å². The SMILES string of the molecule is CCNC(Cc1ccc(F)cc1C)c1ncccn1. The minimum atomic E-state index is -0.197. The van der Waals surface area contributed by atoms with Crippen LogP contribution in [-0.4, -0.2) is 16.5 Å². The van der Waals surface area contributed by atoms with Crippen LogP contribution in [0.3, 0.4) is 0 Å². The number of nitrogens with zero attached hydrogens (tertiary/aromatic N) is 2. The summed E-state index contributed by atoms with van der Waals surface area (Å²) in [7, 11) is 0. The summed E-state index contributed by atoms with van der Waals surface area (Å²) in [5.74, 6) is 0.574. The first-order chi connectivity index (χ1) is 9.20. The molecule has 1 aromatic carbocycles. The second-order valence-corrected chi connectivity index (χ2v) is 4.49. The quantitative estimate of drug-likeness (QED) is 0.897. The van der Waals surface area contributed by atoms with Gasteiger partial charge < -0.3 is 5.32 Å². The predicted molar refractivity (Wildman–Crippen MR) is 73.3 cm³/mol. The summed E-state index contributed by atoms with van der Waals surface area (Å²) in [5.41, 5.74) is 2.07. The molecule has 0 bridgehead atoms. The molecule has 1 heterocycles. The molecule has 19 heavy (non-hydrogen) atoms. The van der Waals surface area contributed by atoms with E-state index in [1.165, 1.54) is 6.07 Å². The number of aryl methyl sites for hydroxylation is 1. The molecule has 0 saturated heterocycles. The fraction of sp³-hybridized carbons (Fsp3) is 0.333. The maximum atomic E-state index is 13.1. The Morgan fingerprint density at radius 1 is 1.26 bits per heavy atom. The van der Waals surface area contributed by atoms with Gasteiger partial charge in [-0.1, -0.05) is 13.0 Å². The lowest BCUT2D eigenvalue weighted by atomic mass is 10.0. The average Bonchev–Trinajstić information content (AvgIpc) is 2.42. The Morgan fingerprint density at radius 3 is 2.63 bits per heavy atom. The van der Waals surface area contributed by atoms with Crippen LogP contribution >= 0.6 is 0 Å². The third-order valence-electron chi connectivity index (χ3n) is 3.08.